The molecule has 0 unspecified atom stereocenters. The van der Waals surface area contributed by atoms with Gasteiger partial charge in [-0.05, 0) is 76.0 Å². The lowest BCUT2D eigenvalue weighted by molar-refractivity contribution is -0.111. The van der Waals surface area contributed by atoms with Gasteiger partial charge >= 0.3 is 0 Å². The third kappa shape index (κ3) is 7.54. The highest BCUT2D eigenvalue weighted by Crippen LogP contribution is 2.33. The molecule has 2 heterocycles. The van der Waals surface area contributed by atoms with Crippen LogP contribution in [-0.4, -0.2) is 64.9 Å². The smallest absolute Gasteiger partial charge is 0.251 e. The standard InChI is InChI=1S/C32H36ClN7O2/c1-40(2)17-5-8-29(41)37-23-15-11-22(12-16-23)31(42)35-18-21-9-13-24(14-10-21)38-32-36-20-27(33)30(39-32)26-19-34-28-7-4-3-6-25(26)28/h3-8,11-12,15-16,19-21,24,34H,9-10,13-14,17-18H2,1-2H3,(H,35,42)(H,37,41)(H,36,38,39)/b8-5+/t21-,24-. The molecule has 218 valence electrons. The third-order valence-corrected chi connectivity index (χ3v) is 7.75. The summed E-state index contributed by atoms with van der Waals surface area (Å²) in [6.07, 6.45) is 10.8. The Morgan fingerprint density at radius 1 is 1.07 bits per heavy atom. The van der Waals surface area contributed by atoms with Crippen LogP contribution >= 0.6 is 11.6 Å². The molecule has 2 amide bonds. The number of rotatable bonds is 10. The lowest BCUT2D eigenvalue weighted by Crippen LogP contribution is -2.34. The number of carbonyl (C=O) groups is 2. The van der Waals surface area contributed by atoms with Gasteiger partial charge in [0.2, 0.25) is 11.9 Å². The molecule has 1 saturated carbocycles. The lowest BCUT2D eigenvalue weighted by atomic mass is 9.86. The Kier molecular flexibility index (Phi) is 9.51. The number of likely N-dealkylation sites (N-methyl/N-ethyl adjacent to an activating group) is 1. The van der Waals surface area contributed by atoms with E-state index >= 15 is 0 Å². The normalized spacial score (nSPS) is 17.0. The molecule has 0 spiro atoms. The average molecular weight is 586 g/mol. The summed E-state index contributed by atoms with van der Waals surface area (Å²) in [6, 6.07) is 15.3. The fourth-order valence-corrected chi connectivity index (χ4v) is 5.38. The van der Waals surface area contributed by atoms with Crippen molar-refractivity contribution < 1.29 is 9.59 Å². The number of para-hydroxylation sites is 1. The van der Waals surface area contributed by atoms with Gasteiger partial charge in [-0.15, -0.1) is 0 Å². The van der Waals surface area contributed by atoms with E-state index in [0.29, 0.717) is 46.9 Å². The van der Waals surface area contributed by atoms with Crippen LogP contribution in [0.15, 0.2) is 73.1 Å². The Morgan fingerprint density at radius 2 is 1.83 bits per heavy atom. The van der Waals surface area contributed by atoms with Gasteiger partial charge in [-0.1, -0.05) is 35.9 Å². The lowest BCUT2D eigenvalue weighted by Gasteiger charge is -2.29. The van der Waals surface area contributed by atoms with Gasteiger partial charge in [-0.25, -0.2) is 9.97 Å². The molecule has 0 saturated heterocycles. The number of amides is 2. The predicted molar refractivity (Wildman–Crippen MR) is 169 cm³/mol. The molecule has 5 rings (SSSR count). The fourth-order valence-electron chi connectivity index (χ4n) is 5.18. The van der Waals surface area contributed by atoms with Crippen molar-refractivity contribution >= 4 is 46.0 Å². The van der Waals surface area contributed by atoms with Gasteiger partial charge in [0, 0.05) is 59.1 Å². The molecule has 1 fully saturated rings. The van der Waals surface area contributed by atoms with Gasteiger partial charge in [0.1, 0.15) is 0 Å². The zero-order valence-corrected chi connectivity index (χ0v) is 24.6. The van der Waals surface area contributed by atoms with Crippen LogP contribution in [0.3, 0.4) is 0 Å². The van der Waals surface area contributed by atoms with Crippen LogP contribution < -0.4 is 16.0 Å². The monoisotopic (exact) mass is 585 g/mol. The molecular weight excluding hydrogens is 550 g/mol. The zero-order chi connectivity index (χ0) is 29.5. The van der Waals surface area contributed by atoms with E-state index in [0.717, 1.165) is 42.1 Å². The molecule has 0 bridgehead atoms. The van der Waals surface area contributed by atoms with Gasteiger partial charge in [0.25, 0.3) is 5.91 Å². The van der Waals surface area contributed by atoms with E-state index in [2.05, 4.69) is 32.0 Å². The number of halogens is 1. The Balaban J connectivity index is 1.08. The second kappa shape index (κ2) is 13.6. The summed E-state index contributed by atoms with van der Waals surface area (Å²) in [7, 11) is 3.88. The largest absolute Gasteiger partial charge is 0.360 e. The van der Waals surface area contributed by atoms with Gasteiger partial charge < -0.3 is 25.8 Å². The van der Waals surface area contributed by atoms with Gasteiger partial charge in [-0.3, -0.25) is 9.59 Å². The van der Waals surface area contributed by atoms with Crippen molar-refractivity contribution in [1.82, 2.24) is 25.2 Å². The summed E-state index contributed by atoms with van der Waals surface area (Å²) in [5, 5.41) is 10.9. The van der Waals surface area contributed by atoms with Crippen LogP contribution in [0.4, 0.5) is 11.6 Å². The number of anilines is 2. The van der Waals surface area contributed by atoms with Crippen LogP contribution in [-0.2, 0) is 4.79 Å². The first-order valence-corrected chi connectivity index (χ1v) is 14.6. The number of aromatic nitrogens is 3. The number of benzene rings is 2. The van der Waals surface area contributed by atoms with Crippen molar-refractivity contribution in [2.24, 2.45) is 5.92 Å². The van der Waals surface area contributed by atoms with Gasteiger partial charge in [0.15, 0.2) is 0 Å². The van der Waals surface area contributed by atoms with Crippen molar-refractivity contribution in [1.29, 1.82) is 0 Å². The van der Waals surface area contributed by atoms with Gasteiger partial charge in [0.05, 0.1) is 16.9 Å². The third-order valence-electron chi connectivity index (χ3n) is 7.47. The molecule has 2 aromatic heterocycles. The van der Waals surface area contributed by atoms with Crippen molar-refractivity contribution in [2.75, 3.05) is 37.8 Å². The van der Waals surface area contributed by atoms with Crippen LogP contribution in [0.5, 0.6) is 0 Å². The van der Waals surface area contributed by atoms with Crippen LogP contribution in [0, 0.1) is 5.92 Å². The molecule has 1 aliphatic carbocycles. The molecule has 0 radical (unpaired) electrons. The average Bonchev–Trinajstić information content (AvgIpc) is 3.42. The van der Waals surface area contributed by atoms with Gasteiger partial charge in [-0.2, -0.15) is 0 Å². The topological polar surface area (TPSA) is 115 Å². The molecule has 4 aromatic rings. The second-order valence-corrected chi connectivity index (χ2v) is 11.3. The predicted octanol–water partition coefficient (Wildman–Crippen LogP) is 5.74. The number of hydrogen-bond acceptors (Lipinski definition) is 6. The maximum Gasteiger partial charge on any atom is 0.251 e. The quantitative estimate of drug-likeness (QED) is 0.177. The SMILES string of the molecule is CN(C)C/C=C/C(=O)Nc1ccc(C(=O)NC[C@H]2CC[C@H](Nc3ncc(Cl)c(-c4c[nH]c5ccccc45)n3)CC2)cc1. The number of aromatic amines is 1. The minimum absolute atomic E-state index is 0.113. The van der Waals surface area contributed by atoms with Crippen molar-refractivity contribution in [2.45, 2.75) is 31.7 Å². The number of hydrogen-bond donors (Lipinski definition) is 4. The van der Waals surface area contributed by atoms with Crippen molar-refractivity contribution in [3.8, 4) is 11.3 Å². The molecule has 10 heteroatoms. The van der Waals surface area contributed by atoms with E-state index in [4.69, 9.17) is 16.6 Å². The first kappa shape index (κ1) is 29.3. The number of H-pyrrole nitrogens is 1. The number of nitrogens with one attached hydrogen (secondary N) is 4. The summed E-state index contributed by atoms with van der Waals surface area (Å²) < 4.78 is 0. The van der Waals surface area contributed by atoms with E-state index in [-0.39, 0.29) is 17.9 Å². The van der Waals surface area contributed by atoms with E-state index in [1.54, 1.807) is 36.5 Å². The molecule has 42 heavy (non-hydrogen) atoms. The van der Waals surface area contributed by atoms with Crippen LogP contribution in [0.2, 0.25) is 5.02 Å². The molecule has 0 atom stereocenters. The van der Waals surface area contributed by atoms with E-state index < -0.39 is 0 Å². The van der Waals surface area contributed by atoms with E-state index in [9.17, 15) is 9.59 Å². The van der Waals surface area contributed by atoms with Crippen LogP contribution in [0.25, 0.3) is 22.2 Å². The van der Waals surface area contributed by atoms with Crippen molar-refractivity contribution in [3.63, 3.8) is 0 Å². The maximum absolute atomic E-state index is 12.7. The minimum Gasteiger partial charge on any atom is -0.360 e. The van der Waals surface area contributed by atoms with Crippen LogP contribution in [0.1, 0.15) is 36.0 Å². The summed E-state index contributed by atoms with van der Waals surface area (Å²) in [4.78, 5) is 39.2. The Labute approximate surface area is 250 Å². The summed E-state index contributed by atoms with van der Waals surface area (Å²) in [5.41, 5.74) is 3.90. The molecule has 0 aliphatic heterocycles. The number of nitrogens with zero attached hydrogens (tertiary/aromatic N) is 3. The Morgan fingerprint density at radius 3 is 2.60 bits per heavy atom. The molecule has 2 aromatic carbocycles. The van der Waals surface area contributed by atoms with E-state index in [1.165, 1.54) is 6.08 Å². The highest BCUT2D eigenvalue weighted by molar-refractivity contribution is 6.33. The molecule has 4 N–H and O–H groups in total. The van der Waals surface area contributed by atoms with E-state index in [1.807, 2.05) is 43.4 Å². The zero-order valence-electron chi connectivity index (χ0n) is 23.9. The fraction of sp³-hybridized carbons (Fsp3) is 0.312. The molecular formula is C32H36ClN7O2. The first-order chi connectivity index (χ1) is 20.4. The maximum atomic E-state index is 12.7. The summed E-state index contributed by atoms with van der Waals surface area (Å²) in [6.45, 7) is 1.32. The minimum atomic E-state index is -0.198. The highest BCUT2D eigenvalue weighted by Gasteiger charge is 2.23. The number of carbonyl (C=O) groups excluding carboxylic acids is 2. The molecule has 9 nitrogen and oxygen atoms in total. The summed E-state index contributed by atoms with van der Waals surface area (Å²) in [5.74, 6) is 0.669. The Hall–Kier alpha value is -4.21. The highest BCUT2D eigenvalue weighted by atomic mass is 35.5. The second-order valence-electron chi connectivity index (χ2n) is 10.9. The van der Waals surface area contributed by atoms with Crippen molar-refractivity contribution in [3.05, 3.63) is 83.7 Å². The number of fused-ring (bicyclic) bond motifs is 1. The first-order valence-electron chi connectivity index (χ1n) is 14.2. The Bertz CT molecular complexity index is 1560. The summed E-state index contributed by atoms with van der Waals surface area (Å²) >= 11 is 6.49. The molecule has 1 aliphatic rings.